The maximum atomic E-state index is 13.6. The van der Waals surface area contributed by atoms with Gasteiger partial charge in [-0.1, -0.05) is 12.1 Å². The van der Waals surface area contributed by atoms with E-state index in [1.54, 1.807) is 6.92 Å². The number of nitrogens with zero attached hydrogens (tertiary/aromatic N) is 3. The third-order valence-corrected chi connectivity index (χ3v) is 6.44. The molecule has 1 N–H and O–H groups in total. The molecular formula is C27H25F3N4O4. The number of rotatable bonds is 6. The molecule has 1 fully saturated rings. The number of halogens is 3. The molecule has 3 amide bonds. The Morgan fingerprint density at radius 1 is 1.18 bits per heavy atom. The Hall–Kier alpha value is -4.33. The second-order valence-corrected chi connectivity index (χ2v) is 9.06. The van der Waals surface area contributed by atoms with Gasteiger partial charge in [-0.25, -0.2) is 9.59 Å². The molecule has 0 spiro atoms. The van der Waals surface area contributed by atoms with Crippen LogP contribution in [-0.2, 0) is 15.7 Å². The SMILES string of the molecule is CCOC(=O)C1=C(C)N(c2cccc(C(F)(F)F)c2)C(=O)N(C)C1c1ccc(C#N)cc1C(=O)NC1CC1. The lowest BCUT2D eigenvalue weighted by atomic mass is 9.89. The van der Waals surface area contributed by atoms with Gasteiger partial charge >= 0.3 is 18.2 Å². The Kier molecular flexibility index (Phi) is 7.18. The smallest absolute Gasteiger partial charge is 0.416 e. The van der Waals surface area contributed by atoms with Crippen molar-refractivity contribution in [3.8, 4) is 6.07 Å². The van der Waals surface area contributed by atoms with Crippen LogP contribution in [0.2, 0.25) is 0 Å². The van der Waals surface area contributed by atoms with Crippen molar-refractivity contribution < 1.29 is 32.3 Å². The van der Waals surface area contributed by atoms with Crippen LogP contribution in [-0.4, -0.2) is 42.5 Å². The number of carbonyl (C=O) groups is 3. The second-order valence-electron chi connectivity index (χ2n) is 9.06. The molecule has 0 bridgehead atoms. The van der Waals surface area contributed by atoms with Gasteiger partial charge in [-0.15, -0.1) is 0 Å². The molecule has 1 saturated carbocycles. The molecule has 2 aromatic rings. The number of benzene rings is 2. The molecule has 4 rings (SSSR count). The molecule has 0 aromatic heterocycles. The molecule has 38 heavy (non-hydrogen) atoms. The molecular weight excluding hydrogens is 501 g/mol. The average Bonchev–Trinajstić information content (AvgIpc) is 3.69. The van der Waals surface area contributed by atoms with Crippen molar-refractivity contribution in [1.29, 1.82) is 5.26 Å². The maximum Gasteiger partial charge on any atom is 0.416 e. The molecule has 1 aliphatic carbocycles. The van der Waals surface area contributed by atoms with Gasteiger partial charge in [0.15, 0.2) is 0 Å². The first-order valence-corrected chi connectivity index (χ1v) is 11.9. The summed E-state index contributed by atoms with van der Waals surface area (Å²) >= 11 is 0. The van der Waals surface area contributed by atoms with Crippen LogP contribution in [0.5, 0.6) is 0 Å². The van der Waals surface area contributed by atoms with Gasteiger partial charge in [-0.2, -0.15) is 18.4 Å². The second kappa shape index (κ2) is 10.2. The van der Waals surface area contributed by atoms with Gasteiger partial charge in [0.2, 0.25) is 0 Å². The molecule has 0 radical (unpaired) electrons. The summed E-state index contributed by atoms with van der Waals surface area (Å²) < 4.78 is 45.5. The van der Waals surface area contributed by atoms with Crippen molar-refractivity contribution in [1.82, 2.24) is 10.2 Å². The van der Waals surface area contributed by atoms with Crippen LogP contribution in [0.1, 0.15) is 59.8 Å². The molecule has 8 nitrogen and oxygen atoms in total. The third-order valence-electron chi connectivity index (χ3n) is 6.44. The number of ether oxygens (including phenoxy) is 1. The fourth-order valence-electron chi connectivity index (χ4n) is 4.43. The Balaban J connectivity index is 1.91. The van der Waals surface area contributed by atoms with Crippen LogP contribution in [0.4, 0.5) is 23.7 Å². The molecule has 1 atom stereocenters. The number of hydrogen-bond acceptors (Lipinski definition) is 5. The average molecular weight is 527 g/mol. The highest BCUT2D eigenvalue weighted by atomic mass is 19.4. The van der Waals surface area contributed by atoms with Gasteiger partial charge in [-0.05, 0) is 62.6 Å². The topological polar surface area (TPSA) is 103 Å². The standard InChI is InChI=1S/C27H25F3N4O4/c1-4-38-25(36)22-15(2)34(19-7-5-6-17(13-19)27(28,29)30)26(37)33(3)23(22)20-11-8-16(14-31)12-21(20)24(35)32-18-9-10-18/h5-8,11-13,18,23H,4,9-10H2,1-3H3,(H,32,35). The number of alkyl halides is 3. The van der Waals surface area contributed by atoms with E-state index in [1.165, 1.54) is 49.2 Å². The van der Waals surface area contributed by atoms with Crippen molar-refractivity contribution in [3.63, 3.8) is 0 Å². The van der Waals surface area contributed by atoms with Crippen LogP contribution < -0.4 is 10.2 Å². The number of carbonyl (C=O) groups excluding carboxylic acids is 3. The summed E-state index contributed by atoms with van der Waals surface area (Å²) in [6.07, 6.45) is -3.00. The number of urea groups is 1. The number of esters is 1. The first-order chi connectivity index (χ1) is 18.0. The van der Waals surface area contributed by atoms with E-state index in [4.69, 9.17) is 4.74 Å². The van der Waals surface area contributed by atoms with Crippen molar-refractivity contribution in [3.05, 3.63) is 76.0 Å². The lowest BCUT2D eigenvalue weighted by Crippen LogP contribution is -2.49. The van der Waals surface area contributed by atoms with Gasteiger partial charge in [0.05, 0.1) is 41.1 Å². The zero-order valence-corrected chi connectivity index (χ0v) is 20.9. The summed E-state index contributed by atoms with van der Waals surface area (Å²) in [6.45, 7) is 3.05. The maximum absolute atomic E-state index is 13.6. The van der Waals surface area contributed by atoms with Crippen LogP contribution in [0.3, 0.4) is 0 Å². The van der Waals surface area contributed by atoms with Crippen LogP contribution >= 0.6 is 0 Å². The number of likely N-dealkylation sites (N-methyl/N-ethyl adjacent to an activating group) is 1. The highest BCUT2D eigenvalue weighted by Gasteiger charge is 2.43. The fourth-order valence-corrected chi connectivity index (χ4v) is 4.43. The Bertz CT molecular complexity index is 1380. The van der Waals surface area contributed by atoms with E-state index >= 15 is 0 Å². The number of hydrogen-bond donors (Lipinski definition) is 1. The Morgan fingerprint density at radius 2 is 1.89 bits per heavy atom. The normalized spacial score (nSPS) is 17.8. The van der Waals surface area contributed by atoms with Gasteiger partial charge in [0, 0.05) is 24.4 Å². The van der Waals surface area contributed by atoms with Gasteiger partial charge in [0.25, 0.3) is 5.91 Å². The molecule has 2 aliphatic rings. The number of anilines is 1. The van der Waals surface area contributed by atoms with Gasteiger partial charge < -0.3 is 15.0 Å². The van der Waals surface area contributed by atoms with E-state index in [1.807, 2.05) is 6.07 Å². The highest BCUT2D eigenvalue weighted by molar-refractivity contribution is 6.04. The summed E-state index contributed by atoms with van der Waals surface area (Å²) in [4.78, 5) is 42.2. The highest BCUT2D eigenvalue weighted by Crippen LogP contribution is 2.41. The fraction of sp³-hybridized carbons (Fsp3) is 0.333. The predicted octanol–water partition coefficient (Wildman–Crippen LogP) is 4.92. The van der Waals surface area contributed by atoms with Crippen LogP contribution in [0.25, 0.3) is 0 Å². The zero-order valence-electron chi connectivity index (χ0n) is 20.9. The molecule has 1 aliphatic heterocycles. The van der Waals surface area contributed by atoms with Gasteiger partial charge in [-0.3, -0.25) is 9.69 Å². The molecule has 198 valence electrons. The van der Waals surface area contributed by atoms with E-state index in [2.05, 4.69) is 5.32 Å². The molecule has 2 aromatic carbocycles. The zero-order chi connectivity index (χ0) is 27.8. The van der Waals surface area contributed by atoms with Crippen molar-refractivity contribution in [2.24, 2.45) is 0 Å². The number of allylic oxidation sites excluding steroid dienone is 1. The summed E-state index contributed by atoms with van der Waals surface area (Å²) in [5.74, 6) is -1.24. The van der Waals surface area contributed by atoms with E-state index in [0.717, 1.165) is 29.9 Å². The minimum absolute atomic E-state index is 0.00464. The molecule has 1 unspecified atom stereocenters. The summed E-state index contributed by atoms with van der Waals surface area (Å²) in [5.41, 5.74) is -0.384. The minimum atomic E-state index is -4.64. The van der Waals surface area contributed by atoms with Crippen molar-refractivity contribution in [2.45, 2.75) is 44.9 Å². The van der Waals surface area contributed by atoms with Crippen molar-refractivity contribution >= 4 is 23.6 Å². The quantitative estimate of drug-likeness (QED) is 0.539. The Labute approximate surface area is 217 Å². The lowest BCUT2D eigenvalue weighted by Gasteiger charge is -2.41. The summed E-state index contributed by atoms with van der Waals surface area (Å²) in [7, 11) is 1.39. The predicted molar refractivity (Wildman–Crippen MR) is 131 cm³/mol. The summed E-state index contributed by atoms with van der Waals surface area (Å²) in [5, 5.41) is 12.3. The molecule has 0 saturated heterocycles. The third kappa shape index (κ3) is 5.07. The van der Waals surface area contributed by atoms with Crippen LogP contribution in [0.15, 0.2) is 53.7 Å². The first-order valence-electron chi connectivity index (χ1n) is 11.9. The molecule has 1 heterocycles. The minimum Gasteiger partial charge on any atom is -0.463 e. The van der Waals surface area contributed by atoms with E-state index in [0.29, 0.717) is 0 Å². The van der Waals surface area contributed by atoms with E-state index in [9.17, 15) is 32.8 Å². The monoisotopic (exact) mass is 526 g/mol. The van der Waals surface area contributed by atoms with E-state index < -0.39 is 35.7 Å². The number of nitrogens with one attached hydrogen (secondary N) is 1. The molecule has 11 heteroatoms. The van der Waals surface area contributed by atoms with E-state index in [-0.39, 0.29) is 46.3 Å². The summed E-state index contributed by atoms with van der Waals surface area (Å²) in [6, 6.07) is 8.77. The first kappa shape index (κ1) is 26.7. The van der Waals surface area contributed by atoms with Gasteiger partial charge in [0.1, 0.15) is 0 Å². The van der Waals surface area contributed by atoms with Crippen molar-refractivity contribution in [2.75, 3.05) is 18.6 Å². The Morgan fingerprint density at radius 3 is 2.50 bits per heavy atom. The lowest BCUT2D eigenvalue weighted by molar-refractivity contribution is -0.139. The number of amides is 3. The largest absolute Gasteiger partial charge is 0.463 e. The number of nitriles is 1. The van der Waals surface area contributed by atoms with Crippen LogP contribution in [0, 0.1) is 11.3 Å².